The van der Waals surface area contributed by atoms with Gasteiger partial charge in [0.15, 0.2) is 0 Å². The number of carbonyl (C=O) groups excluding carboxylic acids is 1. The average Bonchev–Trinajstić information content (AvgIpc) is 2.14. The number of anilines is 1. The predicted octanol–water partition coefficient (Wildman–Crippen LogP) is 0.861. The van der Waals surface area contributed by atoms with Crippen LogP contribution in [0.3, 0.4) is 0 Å². The molecule has 0 aromatic heterocycles. The van der Waals surface area contributed by atoms with Gasteiger partial charge in [0, 0.05) is 24.8 Å². The van der Waals surface area contributed by atoms with Crippen LogP contribution in [0.25, 0.3) is 0 Å². The summed E-state index contributed by atoms with van der Waals surface area (Å²) >= 11 is 0. The molecule has 4 heteroatoms. The zero-order chi connectivity index (χ0) is 9.97. The van der Waals surface area contributed by atoms with Crippen molar-refractivity contribution in [3.8, 4) is 0 Å². The lowest BCUT2D eigenvalue weighted by molar-refractivity contribution is 0.165. The maximum Gasteiger partial charge on any atom is 0.321 e. The minimum Gasteiger partial charge on any atom is -0.325 e. The summed E-state index contributed by atoms with van der Waals surface area (Å²) in [7, 11) is 0. The van der Waals surface area contributed by atoms with Crippen LogP contribution in [-0.4, -0.2) is 30.1 Å². The fourth-order valence-corrected chi connectivity index (χ4v) is 1.40. The first-order valence-corrected chi connectivity index (χ1v) is 4.62. The number of amides is 2. The summed E-state index contributed by atoms with van der Waals surface area (Å²) in [4.78, 5) is 13.2. The molecule has 1 aromatic rings. The molecular weight excluding hydrogens is 178 g/mol. The number of benzene rings is 1. The molecule has 0 aliphatic carbocycles. The first-order valence-electron chi connectivity index (χ1n) is 4.62. The topological polar surface area (TPSA) is 58.4 Å². The first-order chi connectivity index (χ1) is 6.75. The highest BCUT2D eigenvalue weighted by Gasteiger charge is 2.27. The molecule has 14 heavy (non-hydrogen) atoms. The van der Waals surface area contributed by atoms with Crippen LogP contribution in [0.2, 0.25) is 0 Å². The lowest BCUT2D eigenvalue weighted by atomic mass is 10.1. The number of nitrogens with one attached hydrogen (secondary N) is 1. The van der Waals surface area contributed by atoms with Gasteiger partial charge in [-0.05, 0) is 12.1 Å². The lowest BCUT2D eigenvalue weighted by Gasteiger charge is -2.36. The SMILES string of the molecule is NC1CN(C(=O)Nc2ccccc2)C1. The molecule has 1 aliphatic rings. The summed E-state index contributed by atoms with van der Waals surface area (Å²) in [5.41, 5.74) is 6.40. The van der Waals surface area contributed by atoms with Crippen LogP contribution in [0.15, 0.2) is 30.3 Å². The van der Waals surface area contributed by atoms with Crippen molar-refractivity contribution in [1.29, 1.82) is 0 Å². The Labute approximate surface area is 82.7 Å². The Hall–Kier alpha value is -1.55. The van der Waals surface area contributed by atoms with E-state index in [-0.39, 0.29) is 12.1 Å². The smallest absolute Gasteiger partial charge is 0.321 e. The van der Waals surface area contributed by atoms with E-state index >= 15 is 0 Å². The highest BCUT2D eigenvalue weighted by atomic mass is 16.2. The number of nitrogens with zero attached hydrogens (tertiary/aromatic N) is 1. The highest BCUT2D eigenvalue weighted by molar-refractivity contribution is 5.89. The van der Waals surface area contributed by atoms with Crippen LogP contribution >= 0.6 is 0 Å². The number of urea groups is 1. The van der Waals surface area contributed by atoms with Crippen LogP contribution in [0.5, 0.6) is 0 Å². The number of hydrogen-bond donors (Lipinski definition) is 2. The van der Waals surface area contributed by atoms with Crippen molar-refractivity contribution < 1.29 is 4.79 Å². The summed E-state index contributed by atoms with van der Waals surface area (Å²) in [5.74, 6) is 0. The van der Waals surface area contributed by atoms with E-state index in [0.29, 0.717) is 13.1 Å². The Kier molecular flexibility index (Phi) is 2.37. The molecular formula is C10H13N3O. The van der Waals surface area contributed by atoms with Gasteiger partial charge in [-0.3, -0.25) is 0 Å². The van der Waals surface area contributed by atoms with Crippen molar-refractivity contribution in [2.45, 2.75) is 6.04 Å². The van der Waals surface area contributed by atoms with E-state index in [1.807, 2.05) is 30.3 Å². The number of hydrogen-bond acceptors (Lipinski definition) is 2. The first kappa shape index (κ1) is 9.02. The minimum absolute atomic E-state index is 0.0714. The zero-order valence-corrected chi connectivity index (χ0v) is 7.81. The van der Waals surface area contributed by atoms with Crippen molar-refractivity contribution in [3.63, 3.8) is 0 Å². The van der Waals surface area contributed by atoms with Crippen LogP contribution in [0, 0.1) is 0 Å². The van der Waals surface area contributed by atoms with Crippen LogP contribution in [-0.2, 0) is 0 Å². The quantitative estimate of drug-likeness (QED) is 0.691. The van der Waals surface area contributed by atoms with Gasteiger partial charge in [-0.15, -0.1) is 0 Å². The van der Waals surface area contributed by atoms with Crippen molar-refractivity contribution in [3.05, 3.63) is 30.3 Å². The maximum atomic E-state index is 11.5. The fraction of sp³-hybridized carbons (Fsp3) is 0.300. The summed E-state index contributed by atoms with van der Waals surface area (Å²) in [6, 6.07) is 9.48. The van der Waals surface area contributed by atoms with Gasteiger partial charge in [0.1, 0.15) is 0 Å². The van der Waals surface area contributed by atoms with Gasteiger partial charge in [0.05, 0.1) is 0 Å². The van der Waals surface area contributed by atoms with E-state index in [1.165, 1.54) is 0 Å². The van der Waals surface area contributed by atoms with Crippen LogP contribution in [0.4, 0.5) is 10.5 Å². The molecule has 1 aromatic carbocycles. The molecule has 1 aliphatic heterocycles. The molecule has 74 valence electrons. The molecule has 4 nitrogen and oxygen atoms in total. The molecule has 0 bridgehead atoms. The van der Waals surface area contributed by atoms with Gasteiger partial charge < -0.3 is 16.0 Å². The number of nitrogens with two attached hydrogens (primary N) is 1. The largest absolute Gasteiger partial charge is 0.325 e. The highest BCUT2D eigenvalue weighted by Crippen LogP contribution is 2.10. The van der Waals surface area contributed by atoms with Crippen LogP contribution in [0.1, 0.15) is 0 Å². The summed E-state index contributed by atoms with van der Waals surface area (Å²) < 4.78 is 0. The third-order valence-corrected chi connectivity index (χ3v) is 2.22. The van der Waals surface area contributed by atoms with Crippen molar-refractivity contribution in [2.24, 2.45) is 5.73 Å². The predicted molar refractivity (Wildman–Crippen MR) is 55.0 cm³/mol. The maximum absolute atomic E-state index is 11.5. The van der Waals surface area contributed by atoms with Crippen molar-refractivity contribution in [1.82, 2.24) is 4.90 Å². The number of likely N-dealkylation sites (tertiary alicyclic amines) is 1. The standard InChI is InChI=1S/C10H13N3O/c11-8-6-13(7-8)10(14)12-9-4-2-1-3-5-9/h1-5,8H,6-7,11H2,(H,12,14). The number of rotatable bonds is 1. The van der Waals surface area contributed by atoms with E-state index in [4.69, 9.17) is 5.73 Å². The Morgan fingerprint density at radius 3 is 2.57 bits per heavy atom. The minimum atomic E-state index is -0.0714. The Morgan fingerprint density at radius 1 is 1.36 bits per heavy atom. The third-order valence-electron chi connectivity index (χ3n) is 2.22. The van der Waals surface area contributed by atoms with E-state index in [1.54, 1.807) is 4.90 Å². The lowest BCUT2D eigenvalue weighted by Crippen LogP contribution is -2.58. The number of carbonyl (C=O) groups is 1. The molecule has 1 saturated heterocycles. The summed E-state index contributed by atoms with van der Waals surface area (Å²) in [6.07, 6.45) is 0. The van der Waals surface area contributed by atoms with E-state index in [0.717, 1.165) is 5.69 Å². The number of para-hydroxylation sites is 1. The molecule has 0 saturated carbocycles. The van der Waals surface area contributed by atoms with Crippen LogP contribution < -0.4 is 11.1 Å². The molecule has 2 rings (SSSR count). The average molecular weight is 191 g/mol. The Bertz CT molecular complexity index is 319. The second kappa shape index (κ2) is 3.67. The third kappa shape index (κ3) is 1.85. The van der Waals surface area contributed by atoms with Crippen molar-refractivity contribution >= 4 is 11.7 Å². The second-order valence-corrected chi connectivity index (χ2v) is 3.46. The van der Waals surface area contributed by atoms with E-state index < -0.39 is 0 Å². The van der Waals surface area contributed by atoms with Gasteiger partial charge >= 0.3 is 6.03 Å². The Morgan fingerprint density at radius 2 is 2.00 bits per heavy atom. The molecule has 0 unspecified atom stereocenters. The molecule has 2 amide bonds. The monoisotopic (exact) mass is 191 g/mol. The molecule has 0 radical (unpaired) electrons. The normalized spacial score (nSPS) is 16.2. The molecule has 0 spiro atoms. The van der Waals surface area contributed by atoms with E-state index in [9.17, 15) is 4.79 Å². The van der Waals surface area contributed by atoms with Gasteiger partial charge in [0.25, 0.3) is 0 Å². The van der Waals surface area contributed by atoms with E-state index in [2.05, 4.69) is 5.32 Å². The fourth-order valence-electron chi connectivity index (χ4n) is 1.40. The molecule has 1 fully saturated rings. The van der Waals surface area contributed by atoms with Gasteiger partial charge in [-0.1, -0.05) is 18.2 Å². The molecule has 3 N–H and O–H groups in total. The van der Waals surface area contributed by atoms with Gasteiger partial charge in [0.2, 0.25) is 0 Å². The van der Waals surface area contributed by atoms with Gasteiger partial charge in [-0.25, -0.2) is 4.79 Å². The molecule has 1 heterocycles. The van der Waals surface area contributed by atoms with Crippen molar-refractivity contribution in [2.75, 3.05) is 18.4 Å². The summed E-state index contributed by atoms with van der Waals surface area (Å²) in [6.45, 7) is 1.30. The Balaban J connectivity index is 1.89. The molecule has 0 atom stereocenters. The second-order valence-electron chi connectivity index (χ2n) is 3.46. The summed E-state index contributed by atoms with van der Waals surface area (Å²) in [5, 5.41) is 2.80. The zero-order valence-electron chi connectivity index (χ0n) is 7.81. The van der Waals surface area contributed by atoms with Gasteiger partial charge in [-0.2, -0.15) is 0 Å².